The Morgan fingerprint density at radius 2 is 1.78 bits per heavy atom. The number of benzene rings is 2. The lowest BCUT2D eigenvalue weighted by atomic mass is 10.1. The van der Waals surface area contributed by atoms with Crippen LogP contribution >= 0.6 is 23.4 Å². The third-order valence-corrected chi connectivity index (χ3v) is 6.79. The van der Waals surface area contributed by atoms with E-state index in [2.05, 4.69) is 0 Å². The fraction of sp³-hybridized carbons (Fsp3) is 0.160. The number of imide groups is 1. The molecule has 0 N–H and O–H groups in total. The lowest BCUT2D eigenvalue weighted by molar-refractivity contribution is -0.137. The van der Waals surface area contributed by atoms with Gasteiger partial charge in [0.25, 0.3) is 11.1 Å². The van der Waals surface area contributed by atoms with Gasteiger partial charge in [-0.2, -0.15) is 13.2 Å². The Morgan fingerprint density at radius 3 is 2.44 bits per heavy atom. The number of carbonyl (C=O) groups is 3. The van der Waals surface area contributed by atoms with Crippen molar-refractivity contribution in [1.29, 1.82) is 0 Å². The third-order valence-electron chi connectivity index (χ3n) is 5.60. The van der Waals surface area contributed by atoms with Crippen molar-refractivity contribution < 1.29 is 32.3 Å². The Morgan fingerprint density at radius 1 is 1.06 bits per heavy atom. The molecule has 186 valence electrons. The summed E-state index contributed by atoms with van der Waals surface area (Å²) in [5.41, 5.74) is 1.81. The fourth-order valence-corrected chi connectivity index (χ4v) is 4.93. The van der Waals surface area contributed by atoms with Crippen molar-refractivity contribution in [1.82, 2.24) is 4.57 Å². The molecule has 2 aromatic carbocycles. The molecule has 1 aliphatic rings. The molecule has 0 radical (unpaired) electrons. The molecule has 4 rings (SSSR count). The summed E-state index contributed by atoms with van der Waals surface area (Å²) in [5.74, 6) is -1.30. The number of ether oxygens (including phenoxy) is 1. The zero-order valence-corrected chi connectivity index (χ0v) is 20.7. The summed E-state index contributed by atoms with van der Waals surface area (Å²) in [6.07, 6.45) is -3.09. The summed E-state index contributed by atoms with van der Waals surface area (Å²) in [4.78, 5) is 38.4. The second-order valence-corrected chi connectivity index (χ2v) is 9.28. The molecule has 36 heavy (non-hydrogen) atoms. The zero-order chi connectivity index (χ0) is 26.4. The highest BCUT2D eigenvalue weighted by Gasteiger charge is 2.38. The standard InChI is InChI=1S/C25H18ClF3N2O4S/c1-13-9-15(14(2)30(13)18-7-8-20(26)19(12-18)23(33)35-3)10-21-22(32)31(24(34)36-21)17-6-4-5-16(11-17)25(27,28)29/h4-12H,1-3H3/b21-10-. The number of nitrogens with zero attached hydrogens (tertiary/aromatic N) is 2. The first-order valence-corrected chi connectivity index (χ1v) is 11.6. The van der Waals surface area contributed by atoms with Crippen LogP contribution in [0.3, 0.4) is 0 Å². The number of hydrogen-bond donors (Lipinski definition) is 0. The summed E-state index contributed by atoms with van der Waals surface area (Å²) >= 11 is 6.77. The molecule has 0 spiro atoms. The van der Waals surface area contributed by atoms with Crippen molar-refractivity contribution in [2.24, 2.45) is 0 Å². The van der Waals surface area contributed by atoms with Gasteiger partial charge in [0.05, 0.1) is 33.9 Å². The van der Waals surface area contributed by atoms with Crippen LogP contribution in [0.1, 0.15) is 32.9 Å². The molecule has 2 amide bonds. The first-order chi connectivity index (χ1) is 16.9. The number of methoxy groups -OCH3 is 1. The van der Waals surface area contributed by atoms with Gasteiger partial charge in [-0.05, 0) is 79.7 Å². The van der Waals surface area contributed by atoms with Gasteiger partial charge in [0.15, 0.2) is 0 Å². The molecule has 3 aromatic rings. The largest absolute Gasteiger partial charge is 0.465 e. The van der Waals surface area contributed by atoms with Crippen LogP contribution in [0, 0.1) is 13.8 Å². The molecule has 0 bridgehead atoms. The molecule has 1 aliphatic heterocycles. The molecule has 1 aromatic heterocycles. The van der Waals surface area contributed by atoms with Crippen LogP contribution in [0.2, 0.25) is 5.02 Å². The molecule has 2 heterocycles. The number of hydrogen-bond acceptors (Lipinski definition) is 5. The van der Waals surface area contributed by atoms with Gasteiger partial charge in [-0.15, -0.1) is 0 Å². The van der Waals surface area contributed by atoms with Crippen molar-refractivity contribution >= 4 is 52.2 Å². The fourth-order valence-electron chi connectivity index (χ4n) is 3.90. The van der Waals surface area contributed by atoms with E-state index in [0.717, 1.165) is 28.8 Å². The maximum Gasteiger partial charge on any atom is 0.416 e. The zero-order valence-electron chi connectivity index (χ0n) is 19.1. The lowest BCUT2D eigenvalue weighted by Crippen LogP contribution is -2.28. The van der Waals surface area contributed by atoms with Crippen LogP contribution in [0.5, 0.6) is 0 Å². The average Bonchev–Trinajstić information content (AvgIpc) is 3.26. The number of alkyl halides is 3. The summed E-state index contributed by atoms with van der Waals surface area (Å²) in [6.45, 7) is 3.62. The third kappa shape index (κ3) is 4.66. The van der Waals surface area contributed by atoms with E-state index in [1.54, 1.807) is 31.2 Å². The van der Waals surface area contributed by atoms with Crippen LogP contribution in [0.15, 0.2) is 53.4 Å². The minimum atomic E-state index is -4.61. The van der Waals surface area contributed by atoms with Crippen molar-refractivity contribution in [3.8, 4) is 5.69 Å². The highest BCUT2D eigenvalue weighted by molar-refractivity contribution is 8.19. The second kappa shape index (κ2) is 9.51. The van der Waals surface area contributed by atoms with E-state index in [4.69, 9.17) is 16.3 Å². The smallest absolute Gasteiger partial charge is 0.416 e. The molecule has 1 fully saturated rings. The molecule has 0 aliphatic carbocycles. The van der Waals surface area contributed by atoms with Gasteiger partial charge in [0.2, 0.25) is 0 Å². The minimum Gasteiger partial charge on any atom is -0.465 e. The maximum absolute atomic E-state index is 13.1. The molecule has 0 unspecified atom stereocenters. The summed E-state index contributed by atoms with van der Waals surface area (Å²) in [5, 5.41) is -0.462. The summed E-state index contributed by atoms with van der Waals surface area (Å²) < 4.78 is 45.9. The van der Waals surface area contributed by atoms with Crippen molar-refractivity contribution in [3.63, 3.8) is 0 Å². The number of rotatable bonds is 4. The quantitative estimate of drug-likeness (QED) is 0.272. The highest BCUT2D eigenvalue weighted by atomic mass is 35.5. The van der Waals surface area contributed by atoms with Crippen molar-refractivity contribution in [2.45, 2.75) is 20.0 Å². The van der Waals surface area contributed by atoms with E-state index in [1.165, 1.54) is 19.3 Å². The van der Waals surface area contributed by atoms with Gasteiger partial charge < -0.3 is 9.30 Å². The van der Waals surface area contributed by atoms with Gasteiger partial charge in [0.1, 0.15) is 0 Å². The Labute approximate surface area is 213 Å². The first kappa shape index (κ1) is 25.6. The van der Waals surface area contributed by atoms with Crippen LogP contribution < -0.4 is 4.90 Å². The van der Waals surface area contributed by atoms with E-state index < -0.39 is 28.9 Å². The van der Waals surface area contributed by atoms with Crippen LogP contribution in [0.4, 0.5) is 23.7 Å². The maximum atomic E-state index is 13.1. The number of aryl methyl sites for hydroxylation is 1. The van der Waals surface area contributed by atoms with Crippen molar-refractivity contribution in [3.05, 3.63) is 86.5 Å². The molecule has 0 saturated carbocycles. The molecule has 6 nitrogen and oxygen atoms in total. The monoisotopic (exact) mass is 534 g/mol. The highest BCUT2D eigenvalue weighted by Crippen LogP contribution is 2.39. The number of amides is 2. The predicted octanol–water partition coefficient (Wildman–Crippen LogP) is 6.79. The molecule has 0 atom stereocenters. The first-order valence-electron chi connectivity index (χ1n) is 10.4. The Hall–Kier alpha value is -3.50. The minimum absolute atomic E-state index is 0.0732. The number of halogens is 4. The van der Waals surface area contributed by atoms with Gasteiger partial charge in [-0.1, -0.05) is 17.7 Å². The van der Waals surface area contributed by atoms with E-state index in [0.29, 0.717) is 28.7 Å². The Bertz CT molecular complexity index is 1450. The average molecular weight is 535 g/mol. The summed E-state index contributed by atoms with van der Waals surface area (Å²) in [6, 6.07) is 10.7. The molecule has 11 heteroatoms. The van der Waals surface area contributed by atoms with Gasteiger partial charge in [-0.25, -0.2) is 9.69 Å². The second-order valence-electron chi connectivity index (χ2n) is 7.88. The SMILES string of the molecule is COC(=O)c1cc(-n2c(C)cc(/C=C3\SC(=O)N(c4cccc(C(F)(F)F)c4)C3=O)c2C)ccc1Cl. The van der Waals surface area contributed by atoms with Crippen LogP contribution in [-0.2, 0) is 15.7 Å². The Balaban J connectivity index is 1.70. The van der Waals surface area contributed by atoms with Gasteiger partial charge >= 0.3 is 12.1 Å². The van der Waals surface area contributed by atoms with Crippen LogP contribution in [-0.4, -0.2) is 28.8 Å². The van der Waals surface area contributed by atoms with Crippen molar-refractivity contribution in [2.75, 3.05) is 12.0 Å². The van der Waals surface area contributed by atoms with Gasteiger partial charge in [-0.3, -0.25) is 9.59 Å². The van der Waals surface area contributed by atoms with E-state index in [1.807, 2.05) is 11.5 Å². The number of anilines is 1. The topological polar surface area (TPSA) is 68.6 Å². The van der Waals surface area contributed by atoms with E-state index in [-0.39, 0.29) is 21.2 Å². The normalized spacial score (nSPS) is 15.2. The van der Waals surface area contributed by atoms with E-state index >= 15 is 0 Å². The number of carbonyl (C=O) groups excluding carboxylic acids is 3. The Kier molecular flexibility index (Phi) is 6.76. The number of esters is 1. The summed E-state index contributed by atoms with van der Waals surface area (Å²) in [7, 11) is 1.25. The number of thioether (sulfide) groups is 1. The molecular weight excluding hydrogens is 517 g/mol. The molecule has 1 saturated heterocycles. The number of aromatic nitrogens is 1. The van der Waals surface area contributed by atoms with Gasteiger partial charge in [0, 0.05) is 17.1 Å². The van der Waals surface area contributed by atoms with Crippen LogP contribution in [0.25, 0.3) is 11.8 Å². The predicted molar refractivity (Wildman–Crippen MR) is 131 cm³/mol. The van der Waals surface area contributed by atoms with E-state index in [9.17, 15) is 27.6 Å². The molecular formula is C25H18ClF3N2O4S. The lowest BCUT2D eigenvalue weighted by Gasteiger charge is -2.14.